The number of hydrogen-bond donors (Lipinski definition) is 2. The van der Waals surface area contributed by atoms with E-state index in [0.717, 1.165) is 13.1 Å². The van der Waals surface area contributed by atoms with Crippen molar-refractivity contribution >= 4 is 6.09 Å². The second kappa shape index (κ2) is 10.8. The number of alkyl carbamates (subject to hydrolysis) is 1. The Balaban J connectivity index is 1.87. The Kier molecular flexibility index (Phi) is 8.48. The molecule has 2 rings (SSSR count). The van der Waals surface area contributed by atoms with Gasteiger partial charge in [-0.2, -0.15) is 0 Å². The molecule has 1 amide bonds. The minimum absolute atomic E-state index is 0.376. The second-order valence-electron chi connectivity index (χ2n) is 8.01. The zero-order chi connectivity index (χ0) is 20.4. The topological polar surface area (TPSA) is 61.8 Å². The van der Waals surface area contributed by atoms with Gasteiger partial charge in [0.2, 0.25) is 0 Å². The second-order valence-corrected chi connectivity index (χ2v) is 8.01. The zero-order valence-corrected chi connectivity index (χ0v) is 17.1. The molecule has 28 heavy (non-hydrogen) atoms. The normalized spacial score (nSPS) is 12.6. The van der Waals surface area contributed by atoms with Gasteiger partial charge in [-0.25, -0.2) is 4.79 Å². The van der Waals surface area contributed by atoms with E-state index in [9.17, 15) is 9.90 Å². The van der Waals surface area contributed by atoms with E-state index >= 15 is 0 Å². The maximum atomic E-state index is 11.7. The molecule has 5 nitrogen and oxygen atoms in total. The third-order valence-electron chi connectivity index (χ3n) is 4.11. The molecule has 0 saturated heterocycles. The van der Waals surface area contributed by atoms with E-state index in [-0.39, 0.29) is 0 Å². The van der Waals surface area contributed by atoms with E-state index in [2.05, 4.69) is 34.5 Å². The molecule has 0 fully saturated rings. The lowest BCUT2D eigenvalue weighted by Gasteiger charge is -2.26. The minimum Gasteiger partial charge on any atom is -0.444 e. The van der Waals surface area contributed by atoms with E-state index in [1.165, 1.54) is 11.1 Å². The van der Waals surface area contributed by atoms with Crippen LogP contribution in [0.5, 0.6) is 0 Å². The van der Waals surface area contributed by atoms with E-state index in [4.69, 9.17) is 4.74 Å². The van der Waals surface area contributed by atoms with Crippen LogP contribution in [0.15, 0.2) is 60.7 Å². The molecule has 1 atom stereocenters. The molecule has 0 bridgehead atoms. The fraction of sp³-hybridized carbons (Fsp3) is 0.435. The van der Waals surface area contributed by atoms with Crippen molar-refractivity contribution in [3.05, 3.63) is 71.8 Å². The van der Waals surface area contributed by atoms with Crippen LogP contribution in [0.3, 0.4) is 0 Å². The zero-order valence-electron chi connectivity index (χ0n) is 17.1. The third kappa shape index (κ3) is 9.02. The SMILES string of the molecule is CC(C)(C)OC(=O)NCCC(O)CN(Cc1ccccc1)Cc1ccccc1. The van der Waals surface area contributed by atoms with Crippen LogP contribution in [0.25, 0.3) is 0 Å². The Bertz CT molecular complexity index is 657. The van der Waals surface area contributed by atoms with Gasteiger partial charge in [0.1, 0.15) is 5.60 Å². The molecular weight excluding hydrogens is 352 g/mol. The number of ether oxygens (including phenoxy) is 1. The number of carbonyl (C=O) groups is 1. The summed E-state index contributed by atoms with van der Waals surface area (Å²) in [6, 6.07) is 20.5. The van der Waals surface area contributed by atoms with Crippen LogP contribution in [0.4, 0.5) is 4.79 Å². The Morgan fingerprint density at radius 2 is 1.50 bits per heavy atom. The highest BCUT2D eigenvalue weighted by Crippen LogP contribution is 2.12. The Hall–Kier alpha value is -2.37. The first kappa shape index (κ1) is 21.9. The molecule has 0 aliphatic heterocycles. The quantitative estimate of drug-likeness (QED) is 0.687. The lowest BCUT2D eigenvalue weighted by molar-refractivity contribution is 0.0509. The molecule has 5 heteroatoms. The van der Waals surface area contributed by atoms with E-state index in [1.807, 2.05) is 57.2 Å². The van der Waals surface area contributed by atoms with Gasteiger partial charge in [-0.05, 0) is 38.3 Å². The average molecular weight is 385 g/mol. The van der Waals surface area contributed by atoms with Gasteiger partial charge in [-0.3, -0.25) is 4.90 Å². The standard InChI is InChI=1S/C23H32N2O3/c1-23(2,3)28-22(27)24-15-14-21(26)18-25(16-19-10-6-4-7-11-19)17-20-12-8-5-9-13-20/h4-13,21,26H,14-18H2,1-3H3,(H,24,27). The van der Waals surface area contributed by atoms with Crippen molar-refractivity contribution in [1.82, 2.24) is 10.2 Å². The highest BCUT2D eigenvalue weighted by atomic mass is 16.6. The maximum absolute atomic E-state index is 11.7. The van der Waals surface area contributed by atoms with Gasteiger partial charge in [0, 0.05) is 26.2 Å². The van der Waals surface area contributed by atoms with E-state index < -0.39 is 17.8 Å². The molecule has 2 aromatic carbocycles. The summed E-state index contributed by atoms with van der Waals surface area (Å²) < 4.78 is 5.22. The lowest BCUT2D eigenvalue weighted by Crippen LogP contribution is -2.36. The molecule has 0 aromatic heterocycles. The van der Waals surface area contributed by atoms with Gasteiger partial charge in [0.15, 0.2) is 0 Å². The monoisotopic (exact) mass is 384 g/mol. The molecule has 0 radical (unpaired) electrons. The summed E-state index contributed by atoms with van der Waals surface area (Å²) in [6.07, 6.45) is -0.522. The number of carbonyl (C=O) groups excluding carboxylic acids is 1. The summed E-state index contributed by atoms with van der Waals surface area (Å²) in [4.78, 5) is 13.9. The van der Waals surface area contributed by atoms with Crippen molar-refractivity contribution in [3.8, 4) is 0 Å². The maximum Gasteiger partial charge on any atom is 0.407 e. The van der Waals surface area contributed by atoms with Crippen molar-refractivity contribution in [2.24, 2.45) is 0 Å². The van der Waals surface area contributed by atoms with Crippen molar-refractivity contribution in [2.45, 2.75) is 52.0 Å². The van der Waals surface area contributed by atoms with Crippen molar-refractivity contribution in [3.63, 3.8) is 0 Å². The van der Waals surface area contributed by atoms with Gasteiger partial charge in [0.25, 0.3) is 0 Å². The summed E-state index contributed by atoms with van der Waals surface area (Å²) in [5.74, 6) is 0. The molecule has 0 heterocycles. The fourth-order valence-corrected chi connectivity index (χ4v) is 2.91. The number of amides is 1. The Labute approximate surface area is 168 Å². The number of benzene rings is 2. The first-order chi connectivity index (χ1) is 13.3. The molecule has 1 unspecified atom stereocenters. The van der Waals surface area contributed by atoms with Gasteiger partial charge < -0.3 is 15.2 Å². The molecule has 0 aliphatic carbocycles. The van der Waals surface area contributed by atoms with Crippen molar-refractivity contribution in [1.29, 1.82) is 0 Å². The van der Waals surface area contributed by atoms with Crippen LogP contribution in [-0.4, -0.2) is 40.9 Å². The number of aliphatic hydroxyl groups is 1. The molecule has 0 aliphatic rings. The third-order valence-corrected chi connectivity index (χ3v) is 4.11. The summed E-state index contributed by atoms with van der Waals surface area (Å²) >= 11 is 0. The van der Waals surface area contributed by atoms with Gasteiger partial charge in [-0.1, -0.05) is 60.7 Å². The summed E-state index contributed by atoms with van der Waals surface area (Å²) in [7, 11) is 0. The van der Waals surface area contributed by atoms with Gasteiger partial charge in [-0.15, -0.1) is 0 Å². The number of nitrogens with one attached hydrogen (secondary N) is 1. The molecule has 0 spiro atoms. The first-order valence-electron chi connectivity index (χ1n) is 9.77. The molecule has 2 aromatic rings. The van der Waals surface area contributed by atoms with Gasteiger partial charge >= 0.3 is 6.09 Å². The van der Waals surface area contributed by atoms with Crippen LogP contribution < -0.4 is 5.32 Å². The number of rotatable bonds is 9. The predicted molar refractivity (Wildman–Crippen MR) is 112 cm³/mol. The van der Waals surface area contributed by atoms with Crippen LogP contribution in [-0.2, 0) is 17.8 Å². The average Bonchev–Trinajstić information content (AvgIpc) is 2.62. The highest BCUT2D eigenvalue weighted by Gasteiger charge is 2.17. The lowest BCUT2D eigenvalue weighted by atomic mass is 10.1. The summed E-state index contributed by atoms with van der Waals surface area (Å²) in [6.45, 7) is 7.89. The number of nitrogens with zero attached hydrogens (tertiary/aromatic N) is 1. The van der Waals surface area contributed by atoms with Crippen LogP contribution in [0.2, 0.25) is 0 Å². The number of aliphatic hydroxyl groups excluding tert-OH is 1. The minimum atomic E-state index is -0.539. The van der Waals surface area contributed by atoms with E-state index in [0.29, 0.717) is 19.5 Å². The smallest absolute Gasteiger partial charge is 0.407 e. The Morgan fingerprint density at radius 1 is 1.00 bits per heavy atom. The van der Waals surface area contributed by atoms with Crippen LogP contribution in [0, 0.1) is 0 Å². The van der Waals surface area contributed by atoms with Crippen molar-refractivity contribution < 1.29 is 14.6 Å². The fourth-order valence-electron chi connectivity index (χ4n) is 2.91. The van der Waals surface area contributed by atoms with Gasteiger partial charge in [0.05, 0.1) is 6.10 Å². The number of hydrogen-bond acceptors (Lipinski definition) is 4. The molecule has 0 saturated carbocycles. The van der Waals surface area contributed by atoms with E-state index in [1.54, 1.807) is 0 Å². The Morgan fingerprint density at radius 3 is 1.96 bits per heavy atom. The summed E-state index contributed by atoms with van der Waals surface area (Å²) in [5, 5.41) is 13.2. The molecular formula is C23H32N2O3. The summed E-state index contributed by atoms with van der Waals surface area (Å²) in [5.41, 5.74) is 1.89. The predicted octanol–water partition coefficient (Wildman–Crippen LogP) is 3.96. The first-order valence-corrected chi connectivity index (χ1v) is 9.77. The molecule has 152 valence electrons. The molecule has 2 N–H and O–H groups in total. The highest BCUT2D eigenvalue weighted by molar-refractivity contribution is 5.67. The largest absolute Gasteiger partial charge is 0.444 e. The van der Waals surface area contributed by atoms with Crippen LogP contribution in [0.1, 0.15) is 38.3 Å². The van der Waals surface area contributed by atoms with Crippen molar-refractivity contribution in [2.75, 3.05) is 13.1 Å². The van der Waals surface area contributed by atoms with Crippen LogP contribution >= 0.6 is 0 Å².